The maximum absolute atomic E-state index is 12.3. The minimum absolute atomic E-state index is 0.274. The van der Waals surface area contributed by atoms with E-state index < -0.39 is 12.5 Å². The maximum Gasteiger partial charge on any atom is 0.323 e. The van der Waals surface area contributed by atoms with Gasteiger partial charge in [0.25, 0.3) is 5.91 Å². The molecule has 1 fully saturated rings. The average Bonchev–Trinajstić information content (AvgIpc) is 3.08. The number of hydrogen-bond acceptors (Lipinski definition) is 5. The molecule has 1 N–H and O–H groups in total. The quantitative estimate of drug-likeness (QED) is 0.562. The number of benzene rings is 1. The molecule has 122 valence electrons. The predicted octanol–water partition coefficient (Wildman–Crippen LogP) is 4.46. The summed E-state index contributed by atoms with van der Waals surface area (Å²) in [6.07, 6.45) is 1.76. The number of carbonyl (C=O) groups is 2. The van der Waals surface area contributed by atoms with Crippen molar-refractivity contribution in [1.82, 2.24) is 4.90 Å². The van der Waals surface area contributed by atoms with E-state index in [9.17, 15) is 9.59 Å². The molecule has 0 atom stereocenters. The zero-order valence-corrected chi connectivity index (χ0v) is 16.1. The van der Waals surface area contributed by atoms with Crippen molar-refractivity contribution in [2.75, 3.05) is 6.54 Å². The van der Waals surface area contributed by atoms with E-state index in [4.69, 9.17) is 17.3 Å². The van der Waals surface area contributed by atoms with E-state index in [-0.39, 0.29) is 10.2 Å². The fourth-order valence-corrected chi connectivity index (χ4v) is 5.08. The van der Waals surface area contributed by atoms with Crippen molar-refractivity contribution in [2.45, 2.75) is 0 Å². The Morgan fingerprint density at radius 3 is 2.75 bits per heavy atom. The molecule has 0 spiro atoms. The number of carboxylic acid groups (broad SMARTS) is 1. The second-order valence-corrected chi connectivity index (χ2v) is 8.49. The highest BCUT2D eigenvalue weighted by Gasteiger charge is 2.33. The molecule has 1 aromatic carbocycles. The van der Waals surface area contributed by atoms with Crippen molar-refractivity contribution in [3.05, 3.63) is 50.7 Å². The van der Waals surface area contributed by atoms with Crippen LogP contribution in [0.3, 0.4) is 0 Å². The Bertz CT molecular complexity index is 875. The predicted molar refractivity (Wildman–Crippen MR) is 105 cm³/mol. The van der Waals surface area contributed by atoms with E-state index in [2.05, 4.69) is 15.9 Å². The number of thiophene rings is 1. The summed E-state index contributed by atoms with van der Waals surface area (Å²) in [4.78, 5) is 26.6. The summed E-state index contributed by atoms with van der Waals surface area (Å²) in [6, 6.07) is 11.8. The monoisotopic (exact) mass is 439 g/mol. The van der Waals surface area contributed by atoms with Gasteiger partial charge >= 0.3 is 5.97 Å². The lowest BCUT2D eigenvalue weighted by Gasteiger charge is -2.09. The topological polar surface area (TPSA) is 57.6 Å². The SMILES string of the molecule is O=C(O)CN1C(=O)C(=Cc2ccc(-c3ccccc3Br)s2)SC1=S. The smallest absolute Gasteiger partial charge is 0.323 e. The third-order valence-corrected chi connectivity index (χ3v) is 6.34. The van der Waals surface area contributed by atoms with Gasteiger partial charge in [-0.3, -0.25) is 14.5 Å². The lowest BCUT2D eigenvalue weighted by atomic mass is 10.2. The highest BCUT2D eigenvalue weighted by Crippen LogP contribution is 2.37. The van der Waals surface area contributed by atoms with Crippen LogP contribution in [0.25, 0.3) is 16.5 Å². The molecule has 1 aliphatic heterocycles. The Morgan fingerprint density at radius 2 is 2.04 bits per heavy atom. The van der Waals surface area contributed by atoms with Gasteiger partial charge in [0.2, 0.25) is 0 Å². The van der Waals surface area contributed by atoms with Crippen LogP contribution in [0.1, 0.15) is 4.88 Å². The molecule has 1 amide bonds. The Kier molecular flexibility index (Phi) is 5.19. The maximum atomic E-state index is 12.3. The first-order valence-electron chi connectivity index (χ1n) is 6.77. The first kappa shape index (κ1) is 17.3. The van der Waals surface area contributed by atoms with Gasteiger partial charge in [0.05, 0.1) is 4.91 Å². The van der Waals surface area contributed by atoms with Crippen LogP contribution in [-0.2, 0) is 9.59 Å². The largest absolute Gasteiger partial charge is 0.480 e. The lowest BCUT2D eigenvalue weighted by Crippen LogP contribution is -2.33. The molecule has 0 saturated carbocycles. The minimum atomic E-state index is -1.08. The number of aliphatic carboxylic acids is 1. The molecular weight excluding hydrogens is 430 g/mol. The highest BCUT2D eigenvalue weighted by atomic mass is 79.9. The fourth-order valence-electron chi connectivity index (χ4n) is 2.14. The summed E-state index contributed by atoms with van der Waals surface area (Å²) in [6.45, 7) is -0.408. The van der Waals surface area contributed by atoms with Crippen LogP contribution in [0.4, 0.5) is 0 Å². The molecule has 0 aliphatic carbocycles. The van der Waals surface area contributed by atoms with Gasteiger partial charge in [0.15, 0.2) is 0 Å². The molecule has 8 heteroatoms. The molecule has 2 aromatic rings. The van der Waals surface area contributed by atoms with Gasteiger partial charge in [-0.1, -0.05) is 58.1 Å². The van der Waals surface area contributed by atoms with E-state index in [0.29, 0.717) is 4.91 Å². The van der Waals surface area contributed by atoms with Crippen LogP contribution in [0, 0.1) is 0 Å². The van der Waals surface area contributed by atoms with Gasteiger partial charge in [0.1, 0.15) is 10.9 Å². The van der Waals surface area contributed by atoms with Crippen LogP contribution >= 0.6 is 51.2 Å². The number of carboxylic acids is 1. The number of rotatable bonds is 4. The van der Waals surface area contributed by atoms with Crippen LogP contribution < -0.4 is 0 Å². The van der Waals surface area contributed by atoms with Gasteiger partial charge < -0.3 is 5.11 Å². The van der Waals surface area contributed by atoms with E-state index >= 15 is 0 Å². The first-order valence-corrected chi connectivity index (χ1v) is 9.61. The van der Waals surface area contributed by atoms with Crippen molar-refractivity contribution in [3.8, 4) is 10.4 Å². The standard InChI is InChI=1S/C16H10BrNO3S3/c17-11-4-2-1-3-10(11)12-6-5-9(23-12)7-13-15(21)18(8-14(19)20)16(22)24-13/h1-7H,8H2,(H,19,20). The Labute approximate surface area is 160 Å². The molecule has 3 rings (SSSR count). The molecule has 1 saturated heterocycles. The summed E-state index contributed by atoms with van der Waals surface area (Å²) in [5.74, 6) is -1.44. The van der Waals surface area contributed by atoms with E-state index in [1.807, 2.05) is 36.4 Å². The minimum Gasteiger partial charge on any atom is -0.480 e. The van der Waals surface area contributed by atoms with E-state index in [1.54, 1.807) is 17.4 Å². The van der Waals surface area contributed by atoms with Gasteiger partial charge in [-0.25, -0.2) is 0 Å². The zero-order valence-electron chi connectivity index (χ0n) is 12.1. The third kappa shape index (κ3) is 3.61. The van der Waals surface area contributed by atoms with Crippen molar-refractivity contribution in [1.29, 1.82) is 0 Å². The fraction of sp³-hybridized carbons (Fsp3) is 0.0625. The zero-order chi connectivity index (χ0) is 17.3. The number of carbonyl (C=O) groups excluding carboxylic acids is 1. The van der Waals surface area contributed by atoms with Crippen molar-refractivity contribution < 1.29 is 14.7 Å². The third-order valence-electron chi connectivity index (χ3n) is 3.21. The first-order chi connectivity index (χ1) is 11.5. The summed E-state index contributed by atoms with van der Waals surface area (Å²) in [5.41, 5.74) is 1.08. The van der Waals surface area contributed by atoms with Crippen molar-refractivity contribution >= 4 is 73.5 Å². The Hall–Kier alpha value is -1.48. The summed E-state index contributed by atoms with van der Waals surface area (Å²) in [5, 5.41) is 8.86. The Balaban J connectivity index is 1.85. The van der Waals surface area contributed by atoms with E-state index in [0.717, 1.165) is 36.5 Å². The lowest BCUT2D eigenvalue weighted by molar-refractivity contribution is -0.140. The second-order valence-electron chi connectivity index (χ2n) is 4.84. The molecule has 2 heterocycles. The number of thiocarbonyl (C=S) groups is 1. The van der Waals surface area contributed by atoms with Gasteiger partial charge in [-0.2, -0.15) is 0 Å². The van der Waals surface area contributed by atoms with Crippen LogP contribution in [0.15, 0.2) is 45.8 Å². The highest BCUT2D eigenvalue weighted by molar-refractivity contribution is 9.10. The number of nitrogens with zero attached hydrogens (tertiary/aromatic N) is 1. The molecule has 4 nitrogen and oxygen atoms in total. The normalized spacial score (nSPS) is 16.2. The molecule has 0 radical (unpaired) electrons. The molecule has 24 heavy (non-hydrogen) atoms. The number of amides is 1. The van der Waals surface area contributed by atoms with Gasteiger partial charge in [0, 0.05) is 19.8 Å². The summed E-state index contributed by atoms with van der Waals surface area (Å²) < 4.78 is 1.28. The molecule has 1 aromatic heterocycles. The second kappa shape index (κ2) is 7.18. The van der Waals surface area contributed by atoms with Crippen LogP contribution in [0.5, 0.6) is 0 Å². The average molecular weight is 440 g/mol. The number of thioether (sulfide) groups is 1. The molecule has 0 bridgehead atoms. The van der Waals surface area contributed by atoms with Gasteiger partial charge in [-0.05, 0) is 24.3 Å². The summed E-state index contributed by atoms with van der Waals surface area (Å²) in [7, 11) is 0. The number of hydrogen-bond donors (Lipinski definition) is 1. The van der Waals surface area contributed by atoms with Crippen LogP contribution in [0.2, 0.25) is 0 Å². The van der Waals surface area contributed by atoms with E-state index in [1.165, 1.54) is 0 Å². The van der Waals surface area contributed by atoms with Gasteiger partial charge in [-0.15, -0.1) is 11.3 Å². The molecule has 1 aliphatic rings. The number of halogens is 1. The van der Waals surface area contributed by atoms with Crippen molar-refractivity contribution in [3.63, 3.8) is 0 Å². The molecular formula is C16H10BrNO3S3. The van der Waals surface area contributed by atoms with Crippen molar-refractivity contribution in [2.24, 2.45) is 0 Å². The van der Waals surface area contributed by atoms with Crippen LogP contribution in [-0.4, -0.2) is 32.7 Å². The summed E-state index contributed by atoms with van der Waals surface area (Å²) >= 11 is 11.3. The Morgan fingerprint density at radius 1 is 1.29 bits per heavy atom. The molecule has 0 unspecified atom stereocenters.